The summed E-state index contributed by atoms with van der Waals surface area (Å²) in [5, 5.41) is 0. The number of aromatic nitrogens is 1. The van der Waals surface area contributed by atoms with E-state index in [4.69, 9.17) is 0 Å². The van der Waals surface area contributed by atoms with E-state index in [-0.39, 0.29) is 18.4 Å². The zero-order valence-corrected chi connectivity index (χ0v) is 18.0. The highest BCUT2D eigenvalue weighted by atomic mass is 16.2. The van der Waals surface area contributed by atoms with Gasteiger partial charge in [0.1, 0.15) is 6.54 Å². The van der Waals surface area contributed by atoms with Gasteiger partial charge in [-0.15, -0.1) is 0 Å². The van der Waals surface area contributed by atoms with E-state index in [0.717, 1.165) is 17.7 Å². The Hall–Kier alpha value is -2.82. The molecule has 5 heteroatoms. The van der Waals surface area contributed by atoms with Gasteiger partial charge in [0, 0.05) is 38.1 Å². The summed E-state index contributed by atoms with van der Waals surface area (Å²) >= 11 is 0. The fourth-order valence-electron chi connectivity index (χ4n) is 3.19. The molecular formula is C24H33N3O2. The highest BCUT2D eigenvalue weighted by Crippen LogP contribution is 2.10. The van der Waals surface area contributed by atoms with Gasteiger partial charge in [0.15, 0.2) is 0 Å². The zero-order valence-electron chi connectivity index (χ0n) is 18.0. The summed E-state index contributed by atoms with van der Waals surface area (Å²) < 4.78 is 2.03. The van der Waals surface area contributed by atoms with Crippen molar-refractivity contribution in [1.29, 1.82) is 0 Å². The number of aryl methyl sites for hydroxylation is 1. The Morgan fingerprint density at radius 1 is 1.07 bits per heavy atom. The van der Waals surface area contributed by atoms with Gasteiger partial charge in [0.2, 0.25) is 11.8 Å². The third-order valence-corrected chi connectivity index (χ3v) is 4.69. The van der Waals surface area contributed by atoms with E-state index in [1.54, 1.807) is 17.1 Å². The van der Waals surface area contributed by atoms with Gasteiger partial charge < -0.3 is 14.4 Å². The highest BCUT2D eigenvalue weighted by Gasteiger charge is 2.21. The van der Waals surface area contributed by atoms with Gasteiger partial charge in [0.25, 0.3) is 0 Å². The lowest BCUT2D eigenvalue weighted by molar-refractivity contribution is -0.139. The highest BCUT2D eigenvalue weighted by molar-refractivity contribution is 5.94. The van der Waals surface area contributed by atoms with Crippen molar-refractivity contribution in [1.82, 2.24) is 14.4 Å². The predicted molar refractivity (Wildman–Crippen MR) is 118 cm³/mol. The Morgan fingerprint density at radius 2 is 1.79 bits per heavy atom. The molecule has 2 rings (SSSR count). The third-order valence-electron chi connectivity index (χ3n) is 4.69. The summed E-state index contributed by atoms with van der Waals surface area (Å²) in [4.78, 5) is 29.3. The van der Waals surface area contributed by atoms with E-state index in [1.165, 1.54) is 0 Å². The van der Waals surface area contributed by atoms with Gasteiger partial charge in [-0.1, -0.05) is 51.1 Å². The molecule has 0 bridgehead atoms. The molecule has 0 aliphatic heterocycles. The first kappa shape index (κ1) is 22.5. The fraction of sp³-hybridized carbons (Fsp3) is 0.417. The second kappa shape index (κ2) is 11.2. The molecule has 156 valence electrons. The van der Waals surface area contributed by atoms with Crippen LogP contribution in [0.2, 0.25) is 0 Å². The van der Waals surface area contributed by atoms with Crippen molar-refractivity contribution in [2.24, 2.45) is 13.0 Å². The van der Waals surface area contributed by atoms with E-state index in [0.29, 0.717) is 25.6 Å². The molecule has 0 saturated carbocycles. The number of benzene rings is 1. The molecule has 0 aliphatic carbocycles. The van der Waals surface area contributed by atoms with Crippen LogP contribution in [0.15, 0.2) is 54.7 Å². The maximum absolute atomic E-state index is 13.1. The van der Waals surface area contributed by atoms with E-state index >= 15 is 0 Å². The lowest BCUT2D eigenvalue weighted by Crippen LogP contribution is -2.43. The number of nitrogens with zero attached hydrogens (tertiary/aromatic N) is 3. The van der Waals surface area contributed by atoms with Gasteiger partial charge >= 0.3 is 0 Å². The van der Waals surface area contributed by atoms with Crippen molar-refractivity contribution < 1.29 is 9.59 Å². The molecule has 29 heavy (non-hydrogen) atoms. The number of amides is 2. The van der Waals surface area contributed by atoms with Crippen molar-refractivity contribution in [2.75, 3.05) is 19.6 Å². The third kappa shape index (κ3) is 7.26. The second-order valence-corrected chi connectivity index (χ2v) is 7.78. The van der Waals surface area contributed by atoms with Crippen LogP contribution in [-0.4, -0.2) is 45.8 Å². The molecule has 1 heterocycles. The Kier molecular flexibility index (Phi) is 8.71. The summed E-state index contributed by atoms with van der Waals surface area (Å²) in [6.07, 6.45) is 6.14. The summed E-state index contributed by atoms with van der Waals surface area (Å²) in [5.74, 6) is 0.203. The van der Waals surface area contributed by atoms with Crippen molar-refractivity contribution in [3.8, 4) is 0 Å². The van der Waals surface area contributed by atoms with Gasteiger partial charge in [-0.25, -0.2) is 0 Å². The minimum Gasteiger partial charge on any atom is -0.353 e. The Morgan fingerprint density at radius 3 is 2.38 bits per heavy atom. The van der Waals surface area contributed by atoms with E-state index < -0.39 is 0 Å². The van der Waals surface area contributed by atoms with Crippen LogP contribution >= 0.6 is 0 Å². The molecule has 0 atom stereocenters. The molecule has 0 N–H and O–H groups in total. The Bertz CT molecular complexity index is 809. The Labute approximate surface area is 174 Å². The van der Waals surface area contributed by atoms with Crippen molar-refractivity contribution in [3.05, 3.63) is 66.0 Å². The number of rotatable bonds is 10. The SMILES string of the molecule is CCCN(CC(=O)N(Cc1cccn1C)CC(C)C)C(=O)C=Cc1ccccc1. The lowest BCUT2D eigenvalue weighted by Gasteiger charge is -2.28. The maximum Gasteiger partial charge on any atom is 0.247 e. The minimum absolute atomic E-state index is 0.0187. The van der Waals surface area contributed by atoms with Crippen LogP contribution in [0.1, 0.15) is 38.4 Å². The summed E-state index contributed by atoms with van der Waals surface area (Å²) in [6.45, 7) is 8.09. The number of carbonyl (C=O) groups excluding carboxylic acids is 2. The first-order valence-electron chi connectivity index (χ1n) is 10.3. The predicted octanol–water partition coefficient (Wildman–Crippen LogP) is 3.96. The van der Waals surface area contributed by atoms with Crippen molar-refractivity contribution in [2.45, 2.75) is 33.7 Å². The summed E-state index contributed by atoms with van der Waals surface area (Å²) in [6, 6.07) is 13.7. The van der Waals surface area contributed by atoms with Crippen LogP contribution in [0.5, 0.6) is 0 Å². The minimum atomic E-state index is -0.132. The van der Waals surface area contributed by atoms with Crippen LogP contribution in [0, 0.1) is 5.92 Å². The summed E-state index contributed by atoms with van der Waals surface area (Å²) in [7, 11) is 1.98. The van der Waals surface area contributed by atoms with Gasteiger partial charge in [0.05, 0.1) is 6.54 Å². The molecule has 0 spiro atoms. The molecule has 1 aromatic carbocycles. The molecule has 5 nitrogen and oxygen atoms in total. The summed E-state index contributed by atoms with van der Waals surface area (Å²) in [5.41, 5.74) is 2.05. The maximum atomic E-state index is 13.1. The van der Waals surface area contributed by atoms with Crippen LogP contribution in [0.3, 0.4) is 0 Å². The molecule has 0 unspecified atom stereocenters. The number of hydrogen-bond donors (Lipinski definition) is 0. The van der Waals surface area contributed by atoms with Crippen LogP contribution in [0.25, 0.3) is 6.08 Å². The number of carbonyl (C=O) groups is 2. The molecule has 0 fully saturated rings. The van der Waals surface area contributed by atoms with E-state index in [9.17, 15) is 9.59 Å². The van der Waals surface area contributed by atoms with Crippen molar-refractivity contribution in [3.63, 3.8) is 0 Å². The van der Waals surface area contributed by atoms with E-state index in [1.807, 2.05) is 72.1 Å². The van der Waals surface area contributed by atoms with Gasteiger partial charge in [-0.2, -0.15) is 0 Å². The monoisotopic (exact) mass is 395 g/mol. The number of hydrogen-bond acceptors (Lipinski definition) is 2. The van der Waals surface area contributed by atoms with Gasteiger partial charge in [-0.3, -0.25) is 9.59 Å². The smallest absolute Gasteiger partial charge is 0.247 e. The van der Waals surface area contributed by atoms with Crippen LogP contribution in [-0.2, 0) is 23.2 Å². The zero-order chi connectivity index (χ0) is 21.2. The van der Waals surface area contributed by atoms with Crippen molar-refractivity contribution >= 4 is 17.9 Å². The largest absolute Gasteiger partial charge is 0.353 e. The molecule has 0 saturated heterocycles. The van der Waals surface area contributed by atoms with Crippen LogP contribution in [0.4, 0.5) is 0 Å². The fourth-order valence-corrected chi connectivity index (χ4v) is 3.19. The molecule has 0 aliphatic rings. The molecule has 2 amide bonds. The molecule has 0 radical (unpaired) electrons. The first-order chi connectivity index (χ1) is 13.9. The Balaban J connectivity index is 2.08. The quantitative estimate of drug-likeness (QED) is 0.572. The molecule has 1 aromatic heterocycles. The standard InChI is InChI=1S/C24H33N3O2/c1-5-15-26(23(28)14-13-21-10-7-6-8-11-21)19-24(29)27(17-20(2)3)18-22-12-9-16-25(22)4/h6-14,16,20H,5,15,17-19H2,1-4H3. The van der Waals surface area contributed by atoms with E-state index in [2.05, 4.69) is 13.8 Å². The molecular weight excluding hydrogens is 362 g/mol. The first-order valence-corrected chi connectivity index (χ1v) is 10.3. The topological polar surface area (TPSA) is 45.6 Å². The average Bonchev–Trinajstić information content (AvgIpc) is 3.10. The molecule has 2 aromatic rings. The van der Waals surface area contributed by atoms with Crippen LogP contribution < -0.4 is 0 Å². The second-order valence-electron chi connectivity index (χ2n) is 7.78. The lowest BCUT2D eigenvalue weighted by atomic mass is 10.2. The van der Waals surface area contributed by atoms with Gasteiger partial charge in [-0.05, 0) is 36.1 Å². The normalized spacial score (nSPS) is 11.2. The average molecular weight is 396 g/mol.